The third kappa shape index (κ3) is 3.30. The number of alkyl halides is 4. The fourth-order valence-electron chi connectivity index (χ4n) is 2.44. The van der Waals surface area contributed by atoms with Crippen LogP contribution in [0, 0.1) is 5.82 Å². The van der Waals surface area contributed by atoms with E-state index < -0.39 is 22.9 Å². The van der Waals surface area contributed by atoms with Crippen LogP contribution in [0.2, 0.25) is 0 Å². The molecule has 0 N–H and O–H groups in total. The molecule has 1 unspecified atom stereocenters. The van der Waals surface area contributed by atoms with Gasteiger partial charge in [-0.2, -0.15) is 13.2 Å². The Hall–Kier alpha value is -1.07. The molecule has 1 aliphatic rings. The summed E-state index contributed by atoms with van der Waals surface area (Å²) in [4.78, 5) is 3.89. The number of allylic oxidation sites excluding steroid dienone is 2. The lowest BCUT2D eigenvalue weighted by Gasteiger charge is -2.19. The van der Waals surface area contributed by atoms with Crippen molar-refractivity contribution in [1.82, 2.24) is 0 Å². The van der Waals surface area contributed by atoms with Gasteiger partial charge in [-0.1, -0.05) is 23.2 Å². The van der Waals surface area contributed by atoms with Crippen LogP contribution < -0.4 is 0 Å². The quantitative estimate of drug-likeness (QED) is 0.433. The van der Waals surface area contributed by atoms with E-state index in [0.29, 0.717) is 24.0 Å². The molecule has 0 aromatic heterocycles. The number of aryl methyl sites for hydroxylation is 1. The highest BCUT2D eigenvalue weighted by Gasteiger charge is 2.36. The number of rotatable bonds is 1. The van der Waals surface area contributed by atoms with Crippen molar-refractivity contribution in [3.05, 3.63) is 40.2 Å². The third-order valence-corrected chi connectivity index (χ3v) is 4.07. The lowest BCUT2D eigenvalue weighted by Crippen LogP contribution is -2.13. The third-order valence-electron chi connectivity index (χ3n) is 3.56. The molecule has 1 atom stereocenters. The van der Waals surface area contributed by atoms with E-state index >= 15 is 0 Å². The van der Waals surface area contributed by atoms with Gasteiger partial charge in [0.05, 0.1) is 10.9 Å². The molecule has 1 heterocycles. The summed E-state index contributed by atoms with van der Waals surface area (Å²) >= 11 is 12.1. The van der Waals surface area contributed by atoms with Crippen molar-refractivity contribution >= 4 is 34.1 Å². The van der Waals surface area contributed by atoms with Gasteiger partial charge in [-0.05, 0) is 38.3 Å². The smallest absolute Gasteiger partial charge is 0.233 e. The average Bonchev–Trinajstić information content (AvgIpc) is 2.36. The summed E-state index contributed by atoms with van der Waals surface area (Å²) in [6.45, 7) is 3.51. The molecule has 0 aliphatic carbocycles. The van der Waals surface area contributed by atoms with Gasteiger partial charge >= 0.3 is 6.18 Å². The Morgan fingerprint density at radius 1 is 1.23 bits per heavy atom. The standard InChI is InChI=1S/C15H13Cl2F4N/c1-7-3-4-9-5-6-10(15(19,20)21)12(18)13(9)22-14(17)11(7)8(2)16/h5-6,8H,3-4H2,1-2H3. The van der Waals surface area contributed by atoms with Crippen molar-refractivity contribution in [3.63, 3.8) is 0 Å². The van der Waals surface area contributed by atoms with Crippen LogP contribution in [0.3, 0.4) is 0 Å². The molecule has 1 nitrogen and oxygen atoms in total. The summed E-state index contributed by atoms with van der Waals surface area (Å²) in [5.41, 5.74) is 0.112. The minimum atomic E-state index is -4.78. The second-order valence-electron chi connectivity index (χ2n) is 5.15. The van der Waals surface area contributed by atoms with E-state index in [2.05, 4.69) is 4.99 Å². The average molecular weight is 354 g/mol. The highest BCUT2D eigenvalue weighted by molar-refractivity contribution is 6.70. The van der Waals surface area contributed by atoms with E-state index in [1.165, 1.54) is 6.07 Å². The van der Waals surface area contributed by atoms with Crippen molar-refractivity contribution in [3.8, 4) is 0 Å². The van der Waals surface area contributed by atoms with Crippen LogP contribution in [0.25, 0.3) is 0 Å². The molecule has 1 aromatic rings. The van der Waals surface area contributed by atoms with Gasteiger partial charge in [0.25, 0.3) is 0 Å². The predicted molar refractivity (Wildman–Crippen MR) is 80.7 cm³/mol. The Balaban J connectivity index is 2.66. The van der Waals surface area contributed by atoms with Crippen molar-refractivity contribution < 1.29 is 17.6 Å². The van der Waals surface area contributed by atoms with Crippen molar-refractivity contribution in [1.29, 1.82) is 0 Å². The molecule has 1 aliphatic heterocycles. The first kappa shape index (κ1) is 17.3. The maximum absolute atomic E-state index is 14.2. The van der Waals surface area contributed by atoms with E-state index in [1.54, 1.807) is 6.92 Å². The summed E-state index contributed by atoms with van der Waals surface area (Å²) in [5, 5.41) is -0.536. The van der Waals surface area contributed by atoms with E-state index in [1.807, 2.05) is 6.92 Å². The molecule has 22 heavy (non-hydrogen) atoms. The predicted octanol–water partition coefficient (Wildman–Crippen LogP) is 6.00. The van der Waals surface area contributed by atoms with Crippen LogP contribution in [-0.2, 0) is 12.6 Å². The van der Waals surface area contributed by atoms with Crippen LogP contribution in [0.4, 0.5) is 23.2 Å². The first-order valence-corrected chi connectivity index (χ1v) is 7.41. The number of hydrogen-bond acceptors (Lipinski definition) is 1. The minimum Gasteiger partial charge on any atom is -0.233 e. The van der Waals surface area contributed by atoms with E-state index in [-0.39, 0.29) is 10.9 Å². The topological polar surface area (TPSA) is 12.4 Å². The van der Waals surface area contributed by atoms with Crippen LogP contribution in [-0.4, -0.2) is 10.5 Å². The molecule has 0 bridgehead atoms. The number of fused-ring (bicyclic) bond motifs is 1. The second-order valence-corrected chi connectivity index (χ2v) is 6.16. The lowest BCUT2D eigenvalue weighted by molar-refractivity contribution is -0.139. The first-order valence-electron chi connectivity index (χ1n) is 6.59. The maximum Gasteiger partial charge on any atom is 0.419 e. The zero-order chi connectivity index (χ0) is 16.7. The van der Waals surface area contributed by atoms with Crippen LogP contribution in [0.1, 0.15) is 31.4 Å². The summed E-state index contributed by atoms with van der Waals surface area (Å²) in [7, 11) is 0. The summed E-state index contributed by atoms with van der Waals surface area (Å²) < 4.78 is 52.7. The number of benzene rings is 1. The van der Waals surface area contributed by atoms with E-state index in [9.17, 15) is 17.6 Å². The molecule has 1 aromatic carbocycles. The largest absolute Gasteiger partial charge is 0.419 e. The van der Waals surface area contributed by atoms with Gasteiger partial charge in [0, 0.05) is 5.57 Å². The molecule has 0 spiro atoms. The molecule has 0 saturated heterocycles. The van der Waals surface area contributed by atoms with Gasteiger partial charge in [-0.3, -0.25) is 0 Å². The Morgan fingerprint density at radius 3 is 2.41 bits per heavy atom. The number of halogens is 6. The Labute approximate surface area is 135 Å². The fraction of sp³-hybridized carbons (Fsp3) is 0.400. The van der Waals surface area contributed by atoms with Crippen molar-refractivity contribution in [2.45, 2.75) is 38.2 Å². The number of nitrogens with zero attached hydrogens (tertiary/aromatic N) is 1. The van der Waals surface area contributed by atoms with Crippen molar-refractivity contribution in [2.75, 3.05) is 0 Å². The molecule has 120 valence electrons. The minimum absolute atomic E-state index is 0.0702. The summed E-state index contributed by atoms with van der Waals surface area (Å²) in [5.74, 6) is -1.40. The summed E-state index contributed by atoms with van der Waals surface area (Å²) in [6, 6.07) is 1.99. The van der Waals surface area contributed by atoms with Crippen LogP contribution in [0.5, 0.6) is 0 Å². The van der Waals surface area contributed by atoms with Gasteiger partial charge in [-0.15, -0.1) is 11.6 Å². The number of aliphatic imine (C=N–C) groups is 1. The molecular formula is C15H13Cl2F4N. The molecule has 0 amide bonds. The Kier molecular flexibility index (Phi) is 4.87. The van der Waals surface area contributed by atoms with Crippen LogP contribution >= 0.6 is 23.2 Å². The fourth-order valence-corrected chi connectivity index (χ4v) is 3.20. The van der Waals surface area contributed by atoms with Gasteiger partial charge in [0.1, 0.15) is 10.9 Å². The second kappa shape index (κ2) is 6.20. The van der Waals surface area contributed by atoms with Gasteiger partial charge in [0.15, 0.2) is 5.82 Å². The SMILES string of the molecule is CC1=C(C(C)Cl)C(Cl)=Nc2c(ccc(C(F)(F)F)c2F)CC1. The number of hydrogen-bond donors (Lipinski definition) is 0. The highest BCUT2D eigenvalue weighted by atomic mass is 35.5. The Bertz CT molecular complexity index is 660. The van der Waals surface area contributed by atoms with E-state index in [4.69, 9.17) is 23.2 Å². The molecular weight excluding hydrogens is 341 g/mol. The highest BCUT2D eigenvalue weighted by Crippen LogP contribution is 2.39. The first-order chi connectivity index (χ1) is 10.1. The monoisotopic (exact) mass is 353 g/mol. The molecule has 0 radical (unpaired) electrons. The van der Waals surface area contributed by atoms with Crippen molar-refractivity contribution in [2.24, 2.45) is 4.99 Å². The zero-order valence-corrected chi connectivity index (χ0v) is 13.4. The molecule has 2 rings (SSSR count). The van der Waals surface area contributed by atoms with Crippen LogP contribution in [0.15, 0.2) is 28.3 Å². The molecule has 7 heteroatoms. The zero-order valence-electron chi connectivity index (χ0n) is 11.9. The van der Waals surface area contributed by atoms with Gasteiger partial charge in [0.2, 0.25) is 0 Å². The van der Waals surface area contributed by atoms with Gasteiger partial charge < -0.3 is 0 Å². The summed E-state index contributed by atoms with van der Waals surface area (Å²) in [6.07, 6.45) is -3.88. The maximum atomic E-state index is 14.2. The lowest BCUT2D eigenvalue weighted by atomic mass is 9.96. The van der Waals surface area contributed by atoms with E-state index in [0.717, 1.165) is 11.6 Å². The molecule has 0 fully saturated rings. The molecule has 0 saturated carbocycles. The van der Waals surface area contributed by atoms with Gasteiger partial charge in [-0.25, -0.2) is 9.38 Å². The normalized spacial score (nSPS) is 17.5. The Morgan fingerprint density at radius 2 is 1.86 bits per heavy atom.